The van der Waals surface area contributed by atoms with E-state index >= 15 is 0 Å². The van der Waals surface area contributed by atoms with Gasteiger partial charge in [-0.25, -0.2) is 4.39 Å². The van der Waals surface area contributed by atoms with Crippen LogP contribution in [0.5, 0.6) is 5.75 Å². The Morgan fingerprint density at radius 2 is 2.25 bits per heavy atom. The van der Waals surface area contributed by atoms with Gasteiger partial charge >= 0.3 is 5.97 Å². The van der Waals surface area contributed by atoms with Gasteiger partial charge in [-0.3, -0.25) is 4.79 Å². The first-order valence-electron chi connectivity index (χ1n) is 3.45. The SMILES string of the molecule is Nc1cc2c(cc1F)CC(=O)O2. The van der Waals surface area contributed by atoms with Gasteiger partial charge in [0.05, 0.1) is 12.1 Å². The Kier molecular flexibility index (Phi) is 1.30. The average Bonchev–Trinajstić information content (AvgIpc) is 2.30. The smallest absolute Gasteiger partial charge is 0.315 e. The van der Waals surface area contributed by atoms with E-state index < -0.39 is 5.82 Å². The van der Waals surface area contributed by atoms with E-state index in [9.17, 15) is 9.18 Å². The molecule has 0 atom stereocenters. The second kappa shape index (κ2) is 2.20. The van der Waals surface area contributed by atoms with Crippen LogP contribution in [-0.4, -0.2) is 5.97 Å². The van der Waals surface area contributed by atoms with Crippen molar-refractivity contribution in [3.8, 4) is 5.75 Å². The standard InChI is InChI=1S/C8H6FNO2/c9-5-1-4-2-8(11)12-7(4)3-6(5)10/h1,3H,2,10H2. The van der Waals surface area contributed by atoms with Crippen LogP contribution >= 0.6 is 0 Å². The Hall–Kier alpha value is -1.58. The Balaban J connectivity index is 2.55. The molecule has 0 amide bonds. The van der Waals surface area contributed by atoms with Gasteiger partial charge in [0.1, 0.15) is 11.6 Å². The molecule has 0 aromatic heterocycles. The Morgan fingerprint density at radius 3 is 3.00 bits per heavy atom. The van der Waals surface area contributed by atoms with Crippen molar-refractivity contribution in [1.29, 1.82) is 0 Å². The maximum atomic E-state index is 12.8. The third-order valence-electron chi connectivity index (χ3n) is 1.74. The first kappa shape index (κ1) is 7.09. The molecule has 0 aliphatic carbocycles. The van der Waals surface area contributed by atoms with Crippen LogP contribution in [0, 0.1) is 5.82 Å². The fourth-order valence-electron chi connectivity index (χ4n) is 1.16. The van der Waals surface area contributed by atoms with Gasteiger partial charge in [-0.15, -0.1) is 0 Å². The van der Waals surface area contributed by atoms with Crippen molar-refractivity contribution in [1.82, 2.24) is 0 Å². The third-order valence-corrected chi connectivity index (χ3v) is 1.74. The number of esters is 1. The normalized spacial score (nSPS) is 14.2. The van der Waals surface area contributed by atoms with E-state index in [-0.39, 0.29) is 18.1 Å². The number of fused-ring (bicyclic) bond motifs is 1. The second-order valence-corrected chi connectivity index (χ2v) is 2.63. The molecule has 0 radical (unpaired) electrons. The fraction of sp³-hybridized carbons (Fsp3) is 0.125. The second-order valence-electron chi connectivity index (χ2n) is 2.63. The molecule has 1 heterocycles. The minimum Gasteiger partial charge on any atom is -0.426 e. The van der Waals surface area contributed by atoms with Gasteiger partial charge < -0.3 is 10.5 Å². The van der Waals surface area contributed by atoms with Crippen molar-refractivity contribution in [2.75, 3.05) is 5.73 Å². The van der Waals surface area contributed by atoms with Gasteiger partial charge in [0.15, 0.2) is 0 Å². The number of nitrogens with two attached hydrogens (primary N) is 1. The Morgan fingerprint density at radius 1 is 1.50 bits per heavy atom. The van der Waals surface area contributed by atoms with Gasteiger partial charge in [0, 0.05) is 11.6 Å². The summed E-state index contributed by atoms with van der Waals surface area (Å²) in [6.07, 6.45) is 0.131. The number of carbonyl (C=O) groups excluding carboxylic acids is 1. The van der Waals surface area contributed by atoms with Gasteiger partial charge in [-0.2, -0.15) is 0 Å². The van der Waals surface area contributed by atoms with E-state index in [0.717, 1.165) is 0 Å². The molecule has 3 nitrogen and oxygen atoms in total. The highest BCUT2D eigenvalue weighted by molar-refractivity contribution is 5.81. The van der Waals surface area contributed by atoms with Crippen LogP contribution < -0.4 is 10.5 Å². The molecule has 1 aliphatic heterocycles. The number of hydrogen-bond acceptors (Lipinski definition) is 3. The summed E-state index contributed by atoms with van der Waals surface area (Å²) in [6.45, 7) is 0. The van der Waals surface area contributed by atoms with Crippen LogP contribution in [-0.2, 0) is 11.2 Å². The number of anilines is 1. The van der Waals surface area contributed by atoms with E-state index in [1.807, 2.05) is 0 Å². The number of rotatable bonds is 0. The van der Waals surface area contributed by atoms with E-state index in [1.54, 1.807) is 0 Å². The molecule has 1 aromatic rings. The van der Waals surface area contributed by atoms with Crippen molar-refractivity contribution in [2.45, 2.75) is 6.42 Å². The van der Waals surface area contributed by atoms with E-state index in [1.165, 1.54) is 12.1 Å². The zero-order chi connectivity index (χ0) is 8.72. The maximum absolute atomic E-state index is 12.8. The van der Waals surface area contributed by atoms with E-state index in [4.69, 9.17) is 10.5 Å². The molecule has 2 N–H and O–H groups in total. The predicted molar refractivity (Wildman–Crippen MR) is 40.2 cm³/mol. The highest BCUT2D eigenvalue weighted by Crippen LogP contribution is 2.29. The maximum Gasteiger partial charge on any atom is 0.315 e. The van der Waals surface area contributed by atoms with Crippen LogP contribution in [0.2, 0.25) is 0 Å². The van der Waals surface area contributed by atoms with Crippen molar-refractivity contribution in [2.24, 2.45) is 0 Å². The Labute approximate surface area is 67.9 Å². The summed E-state index contributed by atoms with van der Waals surface area (Å²) in [5, 5.41) is 0. The number of hydrogen-bond donors (Lipinski definition) is 1. The number of benzene rings is 1. The summed E-state index contributed by atoms with van der Waals surface area (Å²) in [7, 11) is 0. The third kappa shape index (κ3) is 0.922. The lowest BCUT2D eigenvalue weighted by Gasteiger charge is -1.99. The van der Waals surface area contributed by atoms with Gasteiger partial charge in [-0.1, -0.05) is 0 Å². The summed E-state index contributed by atoms with van der Waals surface area (Å²) in [4.78, 5) is 10.7. The molecule has 0 bridgehead atoms. The average molecular weight is 167 g/mol. The molecule has 1 aromatic carbocycles. The van der Waals surface area contributed by atoms with Crippen LogP contribution in [0.1, 0.15) is 5.56 Å². The quantitative estimate of drug-likeness (QED) is 0.354. The highest BCUT2D eigenvalue weighted by atomic mass is 19.1. The lowest BCUT2D eigenvalue weighted by molar-refractivity contribution is -0.131. The largest absolute Gasteiger partial charge is 0.426 e. The molecular weight excluding hydrogens is 161 g/mol. The van der Waals surface area contributed by atoms with Crippen molar-refractivity contribution in [3.63, 3.8) is 0 Å². The number of ether oxygens (including phenoxy) is 1. The molecule has 2 rings (SSSR count). The van der Waals surface area contributed by atoms with Crippen LogP contribution in [0.4, 0.5) is 10.1 Å². The molecule has 4 heteroatoms. The zero-order valence-corrected chi connectivity index (χ0v) is 6.13. The molecule has 0 saturated carbocycles. The van der Waals surface area contributed by atoms with Crippen molar-refractivity contribution < 1.29 is 13.9 Å². The van der Waals surface area contributed by atoms with Crippen LogP contribution in [0.15, 0.2) is 12.1 Å². The van der Waals surface area contributed by atoms with Crippen molar-refractivity contribution >= 4 is 11.7 Å². The topological polar surface area (TPSA) is 52.3 Å². The van der Waals surface area contributed by atoms with E-state index in [2.05, 4.69) is 0 Å². The molecule has 1 aliphatic rings. The zero-order valence-electron chi connectivity index (χ0n) is 6.13. The fourth-order valence-corrected chi connectivity index (χ4v) is 1.16. The van der Waals surface area contributed by atoms with Crippen LogP contribution in [0.25, 0.3) is 0 Å². The summed E-state index contributed by atoms with van der Waals surface area (Å²) in [5.74, 6) is -0.499. The summed E-state index contributed by atoms with van der Waals surface area (Å²) in [5.41, 5.74) is 5.84. The van der Waals surface area contributed by atoms with E-state index in [0.29, 0.717) is 11.3 Å². The number of nitrogen functional groups attached to an aromatic ring is 1. The monoisotopic (exact) mass is 167 g/mol. The van der Waals surface area contributed by atoms with Crippen LogP contribution in [0.3, 0.4) is 0 Å². The summed E-state index contributed by atoms with van der Waals surface area (Å²) in [6, 6.07) is 2.56. The Bertz CT molecular complexity index is 329. The van der Waals surface area contributed by atoms with Crippen molar-refractivity contribution in [3.05, 3.63) is 23.5 Å². The van der Waals surface area contributed by atoms with Gasteiger partial charge in [-0.05, 0) is 6.07 Å². The molecule has 0 fully saturated rings. The minimum atomic E-state index is -0.507. The molecule has 0 saturated heterocycles. The lowest BCUT2D eigenvalue weighted by atomic mass is 10.1. The molecule has 62 valence electrons. The van der Waals surface area contributed by atoms with Gasteiger partial charge in [0.25, 0.3) is 0 Å². The molecule has 0 unspecified atom stereocenters. The summed E-state index contributed by atoms with van der Waals surface area (Å²) < 4.78 is 17.6. The lowest BCUT2D eigenvalue weighted by Crippen LogP contribution is -2.00. The molecule has 0 spiro atoms. The minimum absolute atomic E-state index is 0.00319. The summed E-state index contributed by atoms with van der Waals surface area (Å²) >= 11 is 0. The highest BCUT2D eigenvalue weighted by Gasteiger charge is 2.21. The molecular formula is C8H6FNO2. The number of carbonyl (C=O) groups is 1. The predicted octanol–water partition coefficient (Wildman–Crippen LogP) is 0.869. The molecule has 12 heavy (non-hydrogen) atoms. The first-order valence-corrected chi connectivity index (χ1v) is 3.45. The van der Waals surface area contributed by atoms with Gasteiger partial charge in [0.2, 0.25) is 0 Å². The number of halogens is 1. The first-order chi connectivity index (χ1) is 5.66.